The van der Waals surface area contributed by atoms with Crippen LogP contribution in [0.4, 0.5) is 5.69 Å². The van der Waals surface area contributed by atoms with Gasteiger partial charge in [0.1, 0.15) is 6.10 Å². The van der Waals surface area contributed by atoms with Crippen molar-refractivity contribution in [3.63, 3.8) is 0 Å². The average Bonchev–Trinajstić information content (AvgIpc) is 3.28. The molecular weight excluding hydrogens is 334 g/mol. The van der Waals surface area contributed by atoms with Gasteiger partial charge in [-0.25, -0.2) is 0 Å². The molecule has 136 valence electrons. The van der Waals surface area contributed by atoms with E-state index in [2.05, 4.69) is 36.4 Å². The van der Waals surface area contributed by atoms with E-state index in [4.69, 9.17) is 4.74 Å². The van der Waals surface area contributed by atoms with E-state index >= 15 is 0 Å². The molecule has 3 aromatic carbocycles. The highest BCUT2D eigenvalue weighted by molar-refractivity contribution is 5.97. The van der Waals surface area contributed by atoms with Crippen molar-refractivity contribution in [3.8, 4) is 11.1 Å². The van der Waals surface area contributed by atoms with Gasteiger partial charge in [0, 0.05) is 12.3 Å². The molecule has 1 saturated heterocycles. The van der Waals surface area contributed by atoms with Gasteiger partial charge in [-0.15, -0.1) is 0 Å². The highest BCUT2D eigenvalue weighted by Gasteiger charge is 2.29. The van der Waals surface area contributed by atoms with Crippen molar-refractivity contribution in [2.75, 3.05) is 11.5 Å². The van der Waals surface area contributed by atoms with Gasteiger partial charge in [-0.2, -0.15) is 0 Å². The maximum atomic E-state index is 13.2. The first kappa shape index (κ1) is 17.5. The lowest BCUT2D eigenvalue weighted by Gasteiger charge is -2.26. The topological polar surface area (TPSA) is 29.5 Å². The summed E-state index contributed by atoms with van der Waals surface area (Å²) in [5.74, 6) is 0.0431. The third-order valence-corrected chi connectivity index (χ3v) is 4.92. The molecule has 3 heteroatoms. The number of rotatable bonds is 5. The van der Waals surface area contributed by atoms with Crippen molar-refractivity contribution in [3.05, 3.63) is 90.5 Å². The lowest BCUT2D eigenvalue weighted by Crippen LogP contribution is -2.38. The number of hydrogen-bond donors (Lipinski definition) is 0. The van der Waals surface area contributed by atoms with E-state index in [-0.39, 0.29) is 12.0 Å². The van der Waals surface area contributed by atoms with Crippen molar-refractivity contribution < 1.29 is 9.53 Å². The van der Waals surface area contributed by atoms with Crippen LogP contribution in [-0.4, -0.2) is 18.6 Å². The van der Waals surface area contributed by atoms with Crippen LogP contribution in [-0.2, 0) is 16.1 Å². The minimum atomic E-state index is -0.339. The normalized spacial score (nSPS) is 16.2. The monoisotopic (exact) mass is 357 g/mol. The Hall–Kier alpha value is -2.91. The van der Waals surface area contributed by atoms with Crippen molar-refractivity contribution in [1.82, 2.24) is 0 Å². The van der Waals surface area contributed by atoms with Crippen LogP contribution in [0.1, 0.15) is 18.4 Å². The Balaban J connectivity index is 1.68. The first-order valence-corrected chi connectivity index (χ1v) is 9.44. The summed E-state index contributed by atoms with van der Waals surface area (Å²) in [4.78, 5) is 15.1. The maximum absolute atomic E-state index is 13.2. The van der Waals surface area contributed by atoms with Crippen LogP contribution in [0.25, 0.3) is 11.1 Å². The molecular formula is C24H23NO2. The summed E-state index contributed by atoms with van der Waals surface area (Å²) < 4.78 is 5.68. The standard InChI is InChI=1S/C24H23NO2/c26-24(23-15-8-16-27-23)25(18-19-9-3-1-4-10-19)22-14-7-13-21(17-22)20-11-5-2-6-12-20/h1-7,9-14,17,23H,8,15-16,18H2. The zero-order valence-corrected chi connectivity index (χ0v) is 15.3. The highest BCUT2D eigenvalue weighted by Crippen LogP contribution is 2.27. The average molecular weight is 357 g/mol. The zero-order chi connectivity index (χ0) is 18.5. The van der Waals surface area contributed by atoms with Crippen LogP contribution in [0.3, 0.4) is 0 Å². The van der Waals surface area contributed by atoms with E-state index in [1.165, 1.54) is 0 Å². The Morgan fingerprint density at radius 3 is 2.30 bits per heavy atom. The molecule has 1 amide bonds. The van der Waals surface area contributed by atoms with Gasteiger partial charge < -0.3 is 9.64 Å². The fourth-order valence-corrected chi connectivity index (χ4v) is 3.49. The van der Waals surface area contributed by atoms with Crippen molar-refractivity contribution in [2.24, 2.45) is 0 Å². The molecule has 27 heavy (non-hydrogen) atoms. The quantitative estimate of drug-likeness (QED) is 0.638. The molecule has 1 aliphatic heterocycles. The van der Waals surface area contributed by atoms with Gasteiger partial charge in [-0.1, -0.05) is 72.8 Å². The van der Waals surface area contributed by atoms with E-state index in [9.17, 15) is 4.79 Å². The lowest BCUT2D eigenvalue weighted by atomic mass is 10.0. The van der Waals surface area contributed by atoms with Crippen LogP contribution < -0.4 is 4.90 Å². The van der Waals surface area contributed by atoms with Crippen molar-refractivity contribution >= 4 is 11.6 Å². The minimum Gasteiger partial charge on any atom is -0.368 e. The Labute approximate surface area is 160 Å². The van der Waals surface area contributed by atoms with Gasteiger partial charge >= 0.3 is 0 Å². The summed E-state index contributed by atoms with van der Waals surface area (Å²) in [6.07, 6.45) is 1.40. The Bertz CT molecular complexity index is 887. The fourth-order valence-electron chi connectivity index (χ4n) is 3.49. The first-order valence-electron chi connectivity index (χ1n) is 9.44. The summed E-state index contributed by atoms with van der Waals surface area (Å²) in [5.41, 5.74) is 4.25. The molecule has 0 aromatic heterocycles. The number of nitrogens with zero attached hydrogens (tertiary/aromatic N) is 1. The van der Waals surface area contributed by atoms with Crippen LogP contribution in [0, 0.1) is 0 Å². The number of anilines is 1. The zero-order valence-electron chi connectivity index (χ0n) is 15.3. The van der Waals surface area contributed by atoms with Crippen molar-refractivity contribution in [1.29, 1.82) is 0 Å². The molecule has 0 aliphatic carbocycles. The van der Waals surface area contributed by atoms with Crippen molar-refractivity contribution in [2.45, 2.75) is 25.5 Å². The van der Waals surface area contributed by atoms with Crippen LogP contribution in [0.5, 0.6) is 0 Å². The molecule has 1 aliphatic rings. The van der Waals surface area contributed by atoms with E-state index in [0.717, 1.165) is 35.2 Å². The first-order chi connectivity index (χ1) is 13.3. The summed E-state index contributed by atoms with van der Waals surface area (Å²) in [5, 5.41) is 0. The molecule has 1 atom stereocenters. The molecule has 0 bridgehead atoms. The highest BCUT2D eigenvalue weighted by atomic mass is 16.5. The molecule has 0 radical (unpaired) electrons. The largest absolute Gasteiger partial charge is 0.368 e. The predicted molar refractivity (Wildman–Crippen MR) is 108 cm³/mol. The number of hydrogen-bond acceptors (Lipinski definition) is 2. The molecule has 1 heterocycles. The summed E-state index contributed by atoms with van der Waals surface area (Å²) >= 11 is 0. The second-order valence-corrected chi connectivity index (χ2v) is 6.83. The number of amides is 1. The van der Waals surface area contributed by atoms with Crippen LogP contribution in [0.2, 0.25) is 0 Å². The molecule has 4 rings (SSSR count). The van der Waals surface area contributed by atoms with E-state index in [1.54, 1.807) is 0 Å². The Morgan fingerprint density at radius 1 is 0.889 bits per heavy atom. The second kappa shape index (κ2) is 8.19. The smallest absolute Gasteiger partial charge is 0.256 e. The summed E-state index contributed by atoms with van der Waals surface area (Å²) in [6, 6.07) is 28.5. The molecule has 1 unspecified atom stereocenters. The van der Waals surface area contributed by atoms with Crippen LogP contribution >= 0.6 is 0 Å². The number of ether oxygens (including phenoxy) is 1. The minimum absolute atomic E-state index is 0.0431. The maximum Gasteiger partial charge on any atom is 0.256 e. The molecule has 3 nitrogen and oxygen atoms in total. The summed E-state index contributed by atoms with van der Waals surface area (Å²) in [6.45, 7) is 1.21. The predicted octanol–water partition coefficient (Wildman–Crippen LogP) is 5.07. The number of carbonyl (C=O) groups is 1. The third kappa shape index (κ3) is 4.09. The molecule has 0 spiro atoms. The SMILES string of the molecule is O=C(C1CCCO1)N(Cc1ccccc1)c1cccc(-c2ccccc2)c1. The molecule has 1 fully saturated rings. The Morgan fingerprint density at radius 2 is 1.59 bits per heavy atom. The van der Waals surface area contributed by atoms with Crippen LogP contribution in [0.15, 0.2) is 84.9 Å². The van der Waals surface area contributed by atoms with Gasteiger partial charge in [0.15, 0.2) is 0 Å². The van der Waals surface area contributed by atoms with Gasteiger partial charge in [0.2, 0.25) is 0 Å². The van der Waals surface area contributed by atoms with Gasteiger partial charge in [-0.05, 0) is 41.7 Å². The second-order valence-electron chi connectivity index (χ2n) is 6.83. The van der Waals surface area contributed by atoms with E-state index < -0.39 is 0 Å². The molecule has 0 N–H and O–H groups in total. The molecule has 0 saturated carbocycles. The van der Waals surface area contributed by atoms with Gasteiger partial charge in [0.25, 0.3) is 5.91 Å². The van der Waals surface area contributed by atoms with Gasteiger partial charge in [-0.3, -0.25) is 4.79 Å². The van der Waals surface area contributed by atoms with E-state index in [1.807, 2.05) is 53.4 Å². The number of benzene rings is 3. The number of carbonyl (C=O) groups excluding carboxylic acids is 1. The van der Waals surface area contributed by atoms with E-state index in [0.29, 0.717) is 13.2 Å². The Kier molecular flexibility index (Phi) is 5.31. The summed E-state index contributed by atoms with van der Waals surface area (Å²) in [7, 11) is 0. The van der Waals surface area contributed by atoms with Gasteiger partial charge in [0.05, 0.1) is 6.54 Å². The fraction of sp³-hybridized carbons (Fsp3) is 0.208. The molecule has 3 aromatic rings. The third-order valence-electron chi connectivity index (χ3n) is 4.92. The lowest BCUT2D eigenvalue weighted by molar-refractivity contribution is -0.127.